The van der Waals surface area contributed by atoms with Crippen LogP contribution in [-0.4, -0.2) is 23.4 Å². The summed E-state index contributed by atoms with van der Waals surface area (Å²) in [7, 11) is 0. The van der Waals surface area contributed by atoms with E-state index >= 15 is 0 Å². The van der Waals surface area contributed by atoms with Crippen molar-refractivity contribution in [1.29, 1.82) is 0 Å². The Morgan fingerprint density at radius 1 is 1.55 bits per heavy atom. The fraction of sp³-hybridized carbons (Fsp3) is 0.889. The van der Waals surface area contributed by atoms with E-state index in [9.17, 15) is 4.79 Å². The van der Waals surface area contributed by atoms with E-state index in [4.69, 9.17) is 0 Å². The quantitative estimate of drug-likeness (QED) is 0.564. The first-order valence-electron chi connectivity index (χ1n) is 4.40. The Balaban J connectivity index is 2.58. The van der Waals surface area contributed by atoms with E-state index in [0.717, 1.165) is 6.54 Å². The van der Waals surface area contributed by atoms with Gasteiger partial charge in [0.1, 0.15) is 0 Å². The molecular formula is C9H17NO. The molecule has 1 fully saturated rings. The Bertz CT molecular complexity index is 154. The minimum absolute atomic E-state index is 0.237. The van der Waals surface area contributed by atoms with Gasteiger partial charge in [-0.25, -0.2) is 0 Å². The predicted molar refractivity (Wildman–Crippen MR) is 45.2 cm³/mol. The zero-order chi connectivity index (χ0) is 8.43. The van der Waals surface area contributed by atoms with Gasteiger partial charge in [0.05, 0.1) is 0 Å². The number of rotatable bonds is 1. The molecule has 0 saturated carbocycles. The van der Waals surface area contributed by atoms with Gasteiger partial charge in [-0.3, -0.25) is 4.79 Å². The average molecular weight is 155 g/mol. The maximum absolute atomic E-state index is 11.1. The van der Waals surface area contributed by atoms with Gasteiger partial charge < -0.3 is 4.90 Å². The van der Waals surface area contributed by atoms with Crippen molar-refractivity contribution < 1.29 is 4.79 Å². The fourth-order valence-corrected chi connectivity index (χ4v) is 1.88. The van der Waals surface area contributed by atoms with Gasteiger partial charge in [0.15, 0.2) is 0 Å². The second kappa shape index (κ2) is 3.24. The van der Waals surface area contributed by atoms with Crippen molar-refractivity contribution in [3.05, 3.63) is 0 Å². The third-order valence-electron chi connectivity index (χ3n) is 2.47. The highest BCUT2D eigenvalue weighted by Crippen LogP contribution is 2.23. The van der Waals surface area contributed by atoms with Gasteiger partial charge in [-0.05, 0) is 18.8 Å². The minimum atomic E-state index is 0.237. The molecule has 1 aliphatic heterocycles. The number of hydrogen-bond donors (Lipinski definition) is 0. The molecule has 0 aromatic rings. The molecule has 11 heavy (non-hydrogen) atoms. The van der Waals surface area contributed by atoms with Crippen LogP contribution < -0.4 is 0 Å². The van der Waals surface area contributed by atoms with Crippen LogP contribution in [0.3, 0.4) is 0 Å². The second-order valence-corrected chi connectivity index (χ2v) is 3.67. The molecule has 0 aliphatic carbocycles. The highest BCUT2D eigenvalue weighted by Gasteiger charge is 2.28. The van der Waals surface area contributed by atoms with Crippen LogP contribution in [0.4, 0.5) is 0 Å². The summed E-state index contributed by atoms with van der Waals surface area (Å²) in [6.07, 6.45) is 2.37. The van der Waals surface area contributed by atoms with E-state index in [2.05, 4.69) is 13.8 Å². The lowest BCUT2D eigenvalue weighted by molar-refractivity contribution is -0.130. The molecule has 2 nitrogen and oxygen atoms in total. The monoisotopic (exact) mass is 155 g/mol. The number of carbonyl (C=O) groups excluding carboxylic acids is 1. The Morgan fingerprint density at radius 3 is 2.55 bits per heavy atom. The smallest absolute Gasteiger partial charge is 0.219 e. The zero-order valence-electron chi connectivity index (χ0n) is 7.63. The van der Waals surface area contributed by atoms with Crippen molar-refractivity contribution in [1.82, 2.24) is 4.90 Å². The Labute approximate surface area is 68.6 Å². The molecule has 1 heterocycles. The molecule has 1 saturated heterocycles. The molecule has 2 heteroatoms. The Morgan fingerprint density at radius 2 is 2.18 bits per heavy atom. The predicted octanol–water partition coefficient (Wildman–Crippen LogP) is 1.65. The molecule has 1 aliphatic rings. The maximum atomic E-state index is 11.1. The van der Waals surface area contributed by atoms with E-state index < -0.39 is 0 Å². The van der Waals surface area contributed by atoms with Crippen LogP contribution in [0, 0.1) is 5.92 Å². The van der Waals surface area contributed by atoms with E-state index in [1.165, 1.54) is 12.8 Å². The molecule has 0 aromatic heterocycles. The van der Waals surface area contributed by atoms with Crippen molar-refractivity contribution in [2.24, 2.45) is 5.92 Å². The standard InChI is InChI=1S/C9H17NO/c1-7(2)9-5-4-6-10(9)8(3)11/h7,9H,4-6H2,1-3H3. The summed E-state index contributed by atoms with van der Waals surface area (Å²) in [5.41, 5.74) is 0. The van der Waals surface area contributed by atoms with Crippen LogP contribution in [0.1, 0.15) is 33.6 Å². The SMILES string of the molecule is CC(=O)N1CCCC1C(C)C. The largest absolute Gasteiger partial charge is 0.340 e. The van der Waals surface area contributed by atoms with Gasteiger partial charge in [0, 0.05) is 19.5 Å². The highest BCUT2D eigenvalue weighted by molar-refractivity contribution is 5.73. The molecule has 0 spiro atoms. The van der Waals surface area contributed by atoms with Crippen LogP contribution in [0.25, 0.3) is 0 Å². The molecular weight excluding hydrogens is 138 g/mol. The van der Waals surface area contributed by atoms with Gasteiger partial charge >= 0.3 is 0 Å². The number of carbonyl (C=O) groups is 1. The van der Waals surface area contributed by atoms with Crippen molar-refractivity contribution >= 4 is 5.91 Å². The summed E-state index contributed by atoms with van der Waals surface area (Å²) >= 11 is 0. The minimum Gasteiger partial charge on any atom is -0.340 e. The van der Waals surface area contributed by atoms with E-state index in [1.807, 2.05) is 4.90 Å². The van der Waals surface area contributed by atoms with E-state index in [0.29, 0.717) is 12.0 Å². The summed E-state index contributed by atoms with van der Waals surface area (Å²) in [5.74, 6) is 0.850. The Hall–Kier alpha value is -0.530. The molecule has 0 aromatic carbocycles. The lowest BCUT2D eigenvalue weighted by Gasteiger charge is -2.26. The van der Waals surface area contributed by atoms with Crippen LogP contribution in [-0.2, 0) is 4.79 Å². The van der Waals surface area contributed by atoms with Gasteiger partial charge in [0.2, 0.25) is 5.91 Å². The van der Waals surface area contributed by atoms with Gasteiger partial charge in [0.25, 0.3) is 0 Å². The zero-order valence-corrected chi connectivity index (χ0v) is 7.63. The lowest BCUT2D eigenvalue weighted by Crippen LogP contribution is -2.36. The third kappa shape index (κ3) is 1.73. The van der Waals surface area contributed by atoms with Crippen molar-refractivity contribution in [3.63, 3.8) is 0 Å². The molecule has 0 radical (unpaired) electrons. The lowest BCUT2D eigenvalue weighted by atomic mass is 10.0. The highest BCUT2D eigenvalue weighted by atomic mass is 16.2. The van der Waals surface area contributed by atoms with E-state index in [-0.39, 0.29) is 5.91 Å². The molecule has 0 bridgehead atoms. The molecule has 1 atom stereocenters. The van der Waals surface area contributed by atoms with Crippen LogP contribution in [0.5, 0.6) is 0 Å². The normalized spacial score (nSPS) is 24.7. The van der Waals surface area contributed by atoms with Crippen LogP contribution in [0.2, 0.25) is 0 Å². The topological polar surface area (TPSA) is 20.3 Å². The van der Waals surface area contributed by atoms with Crippen molar-refractivity contribution in [3.8, 4) is 0 Å². The maximum Gasteiger partial charge on any atom is 0.219 e. The molecule has 64 valence electrons. The first kappa shape index (κ1) is 8.57. The molecule has 0 N–H and O–H groups in total. The number of nitrogens with zero attached hydrogens (tertiary/aromatic N) is 1. The first-order chi connectivity index (χ1) is 5.13. The number of hydrogen-bond acceptors (Lipinski definition) is 1. The number of amides is 1. The molecule has 1 rings (SSSR count). The molecule has 1 amide bonds. The molecule has 1 unspecified atom stereocenters. The summed E-state index contributed by atoms with van der Waals surface area (Å²) < 4.78 is 0. The van der Waals surface area contributed by atoms with Crippen molar-refractivity contribution in [2.45, 2.75) is 39.7 Å². The van der Waals surface area contributed by atoms with Gasteiger partial charge in [-0.1, -0.05) is 13.8 Å². The fourth-order valence-electron chi connectivity index (χ4n) is 1.88. The van der Waals surface area contributed by atoms with Crippen LogP contribution in [0.15, 0.2) is 0 Å². The van der Waals surface area contributed by atoms with Gasteiger partial charge in [-0.2, -0.15) is 0 Å². The van der Waals surface area contributed by atoms with Crippen molar-refractivity contribution in [2.75, 3.05) is 6.54 Å². The number of likely N-dealkylation sites (tertiary alicyclic amines) is 1. The second-order valence-electron chi connectivity index (χ2n) is 3.67. The summed E-state index contributed by atoms with van der Waals surface area (Å²) in [4.78, 5) is 13.1. The van der Waals surface area contributed by atoms with E-state index in [1.54, 1.807) is 6.92 Å². The third-order valence-corrected chi connectivity index (χ3v) is 2.47. The van der Waals surface area contributed by atoms with Gasteiger partial charge in [-0.15, -0.1) is 0 Å². The first-order valence-corrected chi connectivity index (χ1v) is 4.40. The van der Waals surface area contributed by atoms with Crippen LogP contribution >= 0.6 is 0 Å². The summed E-state index contributed by atoms with van der Waals surface area (Å²) in [6.45, 7) is 7.01. The Kier molecular flexibility index (Phi) is 2.53. The summed E-state index contributed by atoms with van der Waals surface area (Å²) in [6, 6.07) is 0.507. The average Bonchev–Trinajstić information content (AvgIpc) is 2.32. The summed E-state index contributed by atoms with van der Waals surface area (Å²) in [5, 5.41) is 0.